The summed E-state index contributed by atoms with van der Waals surface area (Å²) in [6.45, 7) is 2.52. The van der Waals surface area contributed by atoms with E-state index in [1.807, 2.05) is 6.92 Å². The number of nitrogens with one attached hydrogen (secondary N) is 1. The number of fused-ring (bicyclic) bond motifs is 1. The van der Waals surface area contributed by atoms with E-state index in [4.69, 9.17) is 0 Å². The number of rotatable bonds is 0. The molecular formula is C9H12N2O2S. The number of hydrogen-bond donors (Lipinski definition) is 1. The molecular weight excluding hydrogens is 200 g/mol. The second-order valence-electron chi connectivity index (χ2n) is 3.64. The molecule has 0 saturated carbocycles. The molecule has 1 aliphatic heterocycles. The molecule has 0 aliphatic carbocycles. The Balaban J connectivity index is 2.58. The lowest BCUT2D eigenvalue weighted by Gasteiger charge is -2.04. The maximum absolute atomic E-state index is 11.7. The predicted molar refractivity (Wildman–Crippen MR) is 52.3 cm³/mol. The Kier molecular flexibility index (Phi) is 2.28. The van der Waals surface area contributed by atoms with Gasteiger partial charge in [0.15, 0.2) is 0 Å². The van der Waals surface area contributed by atoms with E-state index >= 15 is 0 Å². The molecule has 0 amide bonds. The predicted octanol–water partition coefficient (Wildman–Crippen LogP) is 0.552. The van der Waals surface area contributed by atoms with Gasteiger partial charge in [0, 0.05) is 18.9 Å². The van der Waals surface area contributed by atoms with E-state index in [0.717, 1.165) is 12.0 Å². The van der Waals surface area contributed by atoms with Crippen molar-refractivity contribution in [2.45, 2.75) is 18.2 Å². The number of hydrogen-bond acceptors (Lipinski definition) is 3. The maximum Gasteiger partial charge on any atom is 0.240 e. The molecule has 0 saturated heterocycles. The van der Waals surface area contributed by atoms with Crippen molar-refractivity contribution in [2.75, 3.05) is 6.54 Å². The fourth-order valence-electron chi connectivity index (χ4n) is 1.61. The zero-order valence-corrected chi connectivity index (χ0v) is 8.71. The van der Waals surface area contributed by atoms with Gasteiger partial charge >= 0.3 is 0 Å². The number of nitrogens with zero attached hydrogens (tertiary/aromatic N) is 1. The highest BCUT2D eigenvalue weighted by molar-refractivity contribution is 7.89. The standard InChI is InChI=1S/C9H12N2O2S/c1-7-4-8-6-10-3-2-9(8)14(12,13)11-5-7/h2-3,6-7,11H,4-5H2,1H3. The summed E-state index contributed by atoms with van der Waals surface area (Å²) < 4.78 is 26.0. The molecule has 0 bridgehead atoms. The Morgan fingerprint density at radius 3 is 3.14 bits per heavy atom. The SMILES string of the molecule is CC1CNS(=O)(=O)c2ccncc2C1. The largest absolute Gasteiger partial charge is 0.264 e. The molecule has 1 atom stereocenters. The van der Waals surface area contributed by atoms with Crippen molar-refractivity contribution in [1.29, 1.82) is 0 Å². The molecule has 76 valence electrons. The van der Waals surface area contributed by atoms with Crippen molar-refractivity contribution < 1.29 is 8.42 Å². The maximum atomic E-state index is 11.7. The first-order chi connectivity index (χ1) is 6.59. The first-order valence-electron chi connectivity index (χ1n) is 4.52. The van der Waals surface area contributed by atoms with Gasteiger partial charge in [0.2, 0.25) is 10.0 Å². The van der Waals surface area contributed by atoms with E-state index in [2.05, 4.69) is 9.71 Å². The molecule has 0 fully saturated rings. The van der Waals surface area contributed by atoms with Gasteiger partial charge in [-0.15, -0.1) is 0 Å². The molecule has 2 rings (SSSR count). The molecule has 1 aliphatic rings. The molecule has 0 spiro atoms. The van der Waals surface area contributed by atoms with E-state index < -0.39 is 10.0 Å². The Labute approximate surface area is 83.4 Å². The van der Waals surface area contributed by atoms with E-state index in [1.165, 1.54) is 6.20 Å². The smallest absolute Gasteiger partial charge is 0.240 e. The van der Waals surface area contributed by atoms with Crippen molar-refractivity contribution >= 4 is 10.0 Å². The van der Waals surface area contributed by atoms with Crippen LogP contribution >= 0.6 is 0 Å². The number of pyridine rings is 1. The summed E-state index contributed by atoms with van der Waals surface area (Å²) in [5.74, 6) is 0.315. The van der Waals surface area contributed by atoms with Gasteiger partial charge in [-0.3, -0.25) is 4.98 Å². The van der Waals surface area contributed by atoms with Gasteiger partial charge in [-0.1, -0.05) is 6.92 Å². The Hall–Kier alpha value is -0.940. The van der Waals surface area contributed by atoms with Crippen LogP contribution < -0.4 is 4.72 Å². The van der Waals surface area contributed by atoms with Gasteiger partial charge in [-0.05, 0) is 24.0 Å². The normalized spacial score (nSPS) is 25.1. The molecule has 0 aromatic carbocycles. The van der Waals surface area contributed by atoms with Crippen molar-refractivity contribution in [3.63, 3.8) is 0 Å². The van der Waals surface area contributed by atoms with Gasteiger partial charge in [-0.25, -0.2) is 13.1 Å². The molecule has 1 N–H and O–H groups in total. The molecule has 1 unspecified atom stereocenters. The number of aromatic nitrogens is 1. The van der Waals surface area contributed by atoms with Crippen LogP contribution in [0.3, 0.4) is 0 Å². The minimum Gasteiger partial charge on any atom is -0.264 e. The summed E-state index contributed by atoms with van der Waals surface area (Å²) in [4.78, 5) is 4.32. The van der Waals surface area contributed by atoms with Crippen LogP contribution in [0.1, 0.15) is 12.5 Å². The minimum absolute atomic E-state index is 0.315. The van der Waals surface area contributed by atoms with Crippen LogP contribution in [-0.2, 0) is 16.4 Å². The molecule has 14 heavy (non-hydrogen) atoms. The van der Waals surface area contributed by atoms with Crippen LogP contribution in [0.15, 0.2) is 23.4 Å². The highest BCUT2D eigenvalue weighted by Gasteiger charge is 2.23. The third-order valence-electron chi connectivity index (χ3n) is 2.34. The fourth-order valence-corrected chi connectivity index (χ4v) is 2.99. The second-order valence-corrected chi connectivity index (χ2v) is 5.38. The van der Waals surface area contributed by atoms with Crippen LogP contribution in [-0.4, -0.2) is 19.9 Å². The third-order valence-corrected chi connectivity index (χ3v) is 3.86. The lowest BCUT2D eigenvalue weighted by Crippen LogP contribution is -2.26. The van der Waals surface area contributed by atoms with Gasteiger partial charge < -0.3 is 0 Å². The van der Waals surface area contributed by atoms with E-state index in [9.17, 15) is 8.42 Å². The quantitative estimate of drug-likeness (QED) is 0.683. The molecule has 2 heterocycles. The minimum atomic E-state index is -3.30. The summed E-state index contributed by atoms with van der Waals surface area (Å²) in [6, 6.07) is 1.55. The summed E-state index contributed by atoms with van der Waals surface area (Å²) >= 11 is 0. The lowest BCUT2D eigenvalue weighted by molar-refractivity contribution is 0.551. The molecule has 1 aromatic heterocycles. The van der Waals surface area contributed by atoms with Gasteiger partial charge in [0.25, 0.3) is 0 Å². The average molecular weight is 212 g/mol. The van der Waals surface area contributed by atoms with Gasteiger partial charge in [0.05, 0.1) is 4.90 Å². The monoisotopic (exact) mass is 212 g/mol. The molecule has 1 aromatic rings. The Morgan fingerprint density at radius 1 is 1.57 bits per heavy atom. The van der Waals surface area contributed by atoms with Crippen molar-refractivity contribution in [3.8, 4) is 0 Å². The zero-order valence-electron chi connectivity index (χ0n) is 7.90. The molecule has 5 heteroatoms. The van der Waals surface area contributed by atoms with Crippen molar-refractivity contribution in [2.24, 2.45) is 5.92 Å². The van der Waals surface area contributed by atoms with Crippen molar-refractivity contribution in [3.05, 3.63) is 24.0 Å². The lowest BCUT2D eigenvalue weighted by atomic mass is 10.0. The van der Waals surface area contributed by atoms with Gasteiger partial charge in [-0.2, -0.15) is 0 Å². The van der Waals surface area contributed by atoms with E-state index in [0.29, 0.717) is 17.4 Å². The summed E-state index contributed by atoms with van der Waals surface area (Å²) in [7, 11) is -3.30. The molecule has 4 nitrogen and oxygen atoms in total. The third kappa shape index (κ3) is 1.65. The average Bonchev–Trinajstić information content (AvgIpc) is 2.25. The Bertz CT molecular complexity index is 442. The van der Waals surface area contributed by atoms with E-state index in [-0.39, 0.29) is 0 Å². The van der Waals surface area contributed by atoms with Crippen LogP contribution in [0, 0.1) is 5.92 Å². The first kappa shape index (κ1) is 9.61. The fraction of sp³-hybridized carbons (Fsp3) is 0.444. The van der Waals surface area contributed by atoms with Crippen LogP contribution in [0.25, 0.3) is 0 Å². The molecule has 0 radical (unpaired) electrons. The van der Waals surface area contributed by atoms with Crippen molar-refractivity contribution in [1.82, 2.24) is 9.71 Å². The highest BCUT2D eigenvalue weighted by Crippen LogP contribution is 2.20. The highest BCUT2D eigenvalue weighted by atomic mass is 32.2. The van der Waals surface area contributed by atoms with Crippen LogP contribution in [0.4, 0.5) is 0 Å². The van der Waals surface area contributed by atoms with Gasteiger partial charge in [0.1, 0.15) is 0 Å². The summed E-state index contributed by atoms with van der Waals surface area (Å²) in [5, 5.41) is 0. The van der Waals surface area contributed by atoms with Crippen LogP contribution in [0.5, 0.6) is 0 Å². The Morgan fingerprint density at radius 2 is 2.36 bits per heavy atom. The summed E-state index contributed by atoms with van der Waals surface area (Å²) in [6.07, 6.45) is 3.90. The summed E-state index contributed by atoms with van der Waals surface area (Å²) in [5.41, 5.74) is 0.810. The van der Waals surface area contributed by atoms with Crippen LogP contribution in [0.2, 0.25) is 0 Å². The topological polar surface area (TPSA) is 59.1 Å². The first-order valence-corrected chi connectivity index (χ1v) is 6.00. The van der Waals surface area contributed by atoms with E-state index in [1.54, 1.807) is 12.3 Å². The number of sulfonamides is 1. The second kappa shape index (κ2) is 3.33. The zero-order chi connectivity index (χ0) is 10.2.